The number of fused-ring (bicyclic) bond motifs is 6. The first-order chi connectivity index (χ1) is 66.8. The lowest BCUT2D eigenvalue weighted by molar-refractivity contribution is -0.137. The molecule has 0 atom stereocenters. The Hall–Kier alpha value is -18.0. The zero-order chi connectivity index (χ0) is 95.0. The molecular formula is C115H63F12N11. The summed E-state index contributed by atoms with van der Waals surface area (Å²) >= 11 is 0. The maximum absolute atomic E-state index is 16.2. The molecule has 0 amide bonds. The quantitative estimate of drug-likeness (QED) is 0.0858. The maximum atomic E-state index is 16.2. The first-order valence-electron chi connectivity index (χ1n) is 43.3. The van der Waals surface area contributed by atoms with Gasteiger partial charge in [-0.05, 0) is 189 Å². The molecule has 138 heavy (non-hydrogen) atoms. The van der Waals surface area contributed by atoms with Crippen molar-refractivity contribution in [1.29, 1.82) is 15.8 Å². The molecule has 17 aromatic carbocycles. The van der Waals surface area contributed by atoms with Crippen LogP contribution in [-0.4, -0.2) is 39.0 Å². The summed E-state index contributed by atoms with van der Waals surface area (Å²) in [5.41, 5.74) is 0.958. The third-order valence-electron chi connectivity index (χ3n) is 24.6. The van der Waals surface area contributed by atoms with Gasteiger partial charge in [-0.25, -0.2) is 29.9 Å². The van der Waals surface area contributed by atoms with E-state index in [1.165, 1.54) is 97.1 Å². The summed E-state index contributed by atoms with van der Waals surface area (Å²) in [6.07, 6.45) is -20.2. The highest BCUT2D eigenvalue weighted by molar-refractivity contribution is 6.15. The van der Waals surface area contributed by atoms with Gasteiger partial charge in [0.2, 0.25) is 0 Å². The fourth-order valence-electron chi connectivity index (χ4n) is 18.5. The third kappa shape index (κ3) is 16.0. The van der Waals surface area contributed by atoms with Crippen molar-refractivity contribution in [3.05, 3.63) is 421 Å². The largest absolute Gasteiger partial charge is 0.417 e. The van der Waals surface area contributed by atoms with E-state index in [9.17, 15) is 15.8 Å². The van der Waals surface area contributed by atoms with Crippen molar-refractivity contribution in [2.24, 2.45) is 0 Å². The lowest BCUT2D eigenvalue weighted by Crippen LogP contribution is -2.11. The summed E-state index contributed by atoms with van der Waals surface area (Å²) in [4.78, 5) is 29.5. The van der Waals surface area contributed by atoms with Crippen LogP contribution in [-0.2, 0) is 24.7 Å². The second-order valence-electron chi connectivity index (χ2n) is 32.9. The van der Waals surface area contributed by atoms with Gasteiger partial charge in [-0.15, -0.1) is 0 Å². The molecule has 21 rings (SSSR count). The summed E-state index contributed by atoms with van der Waals surface area (Å²) in [7, 11) is 0. The highest BCUT2D eigenvalue weighted by Gasteiger charge is 2.41. The highest BCUT2D eigenvalue weighted by atomic mass is 19.4. The minimum atomic E-state index is -5.06. The van der Waals surface area contributed by atoms with E-state index < -0.39 is 58.1 Å². The molecule has 0 aliphatic carbocycles. The van der Waals surface area contributed by atoms with Crippen molar-refractivity contribution in [1.82, 2.24) is 39.0 Å². The Balaban J connectivity index is 0.761. The van der Waals surface area contributed by atoms with Crippen molar-refractivity contribution < 1.29 is 52.7 Å². The van der Waals surface area contributed by atoms with Crippen molar-refractivity contribution in [3.8, 4) is 187 Å². The van der Waals surface area contributed by atoms with Crippen LogP contribution < -0.4 is 0 Å². The number of nitrogens with zero attached hydrogens (tertiary/aromatic N) is 11. The molecular weight excluding hydrogens is 1760 g/mol. The molecule has 11 nitrogen and oxygen atoms in total. The number of nitriles is 3. The summed E-state index contributed by atoms with van der Waals surface area (Å²) in [5.74, 6) is 0.499. The monoisotopic (exact) mass is 1830 g/mol. The lowest BCUT2D eigenvalue weighted by Gasteiger charge is -2.24. The average Bonchev–Trinajstić information content (AvgIpc) is 1.45. The van der Waals surface area contributed by atoms with Gasteiger partial charge in [0.25, 0.3) is 0 Å². The zero-order valence-electron chi connectivity index (χ0n) is 71.8. The Labute approximate surface area is 779 Å². The zero-order valence-corrected chi connectivity index (χ0v) is 71.8. The number of benzene rings is 17. The van der Waals surface area contributed by atoms with Gasteiger partial charge in [-0.2, -0.15) is 68.5 Å². The normalized spacial score (nSPS) is 11.9. The standard InChI is InChI=1S/C115H63F12N11/c116-112(117,118)96-40-20-15-35-83(96)92-60-80(110-133-106(68-25-5-1-6-26-68)131-107(134-110)69-27-7-2-8-28-69)61-93(84-36-16-21-41-97(84)113(119,120)121)104(92)137-100-44-24-19-39-87(100)89-57-73(47-50-101(89)137)79-54-67(64-128)53-78(55-79)72-45-46-77(66-130)88(56-72)75-49-52-103-91(59-75)90-58-74(82-34-14-13-33-76(82)65-129)48-51-102(90)138(103)105-94(85-37-17-22-42-98(85)114(122,123)124)62-81(63-95(105)86-38-18-23-43-99(86)115(125,126)127)111-135-108(70-29-9-3-10-30-70)132-109(136-111)71-31-11-4-12-32-71/h1-63H. The Kier molecular flexibility index (Phi) is 21.7. The second kappa shape index (κ2) is 34.5. The molecule has 0 aliphatic heterocycles. The Bertz CT molecular complexity index is 8350. The number of para-hydroxylation sites is 1. The number of aromatic nitrogens is 8. The molecule has 0 aliphatic rings. The first-order valence-corrected chi connectivity index (χ1v) is 43.3. The van der Waals surface area contributed by atoms with Crippen molar-refractivity contribution in [2.75, 3.05) is 0 Å². The summed E-state index contributed by atoms with van der Waals surface area (Å²) in [6, 6.07) is 107. The SMILES string of the molecule is N#Cc1cc(-c2ccc(C#N)c(-c3ccc4c(c3)c3cc(-c5ccccc5C#N)ccc3n4-c3c(-c4ccccc4C(F)(F)F)cc(-c4nc(-c5ccccc5)nc(-c5ccccc5)n4)cc3-c3ccccc3C(F)(F)F)c2)cc(-c2ccc3c(c2)c2ccccc2n3-c2c(-c3ccccc3C(F)(F)F)cc(-c3nc(-c4ccccc4)nc(-c4ccccc4)n3)cc2-c2ccccc2C(F)(F)F)c1. The Morgan fingerprint density at radius 3 is 0.819 bits per heavy atom. The second-order valence-corrected chi connectivity index (χ2v) is 32.9. The molecule has 662 valence electrons. The molecule has 0 radical (unpaired) electrons. The molecule has 0 bridgehead atoms. The summed E-state index contributed by atoms with van der Waals surface area (Å²) < 4.78 is 197. The van der Waals surface area contributed by atoms with Crippen molar-refractivity contribution >= 4 is 43.6 Å². The van der Waals surface area contributed by atoms with Crippen LogP contribution in [0.5, 0.6) is 0 Å². The predicted molar refractivity (Wildman–Crippen MR) is 512 cm³/mol. The highest BCUT2D eigenvalue weighted by Crippen LogP contribution is 2.54. The fraction of sp³-hybridized carbons (Fsp3) is 0.0348. The van der Waals surface area contributed by atoms with E-state index in [2.05, 4.69) is 18.2 Å². The number of alkyl halides is 12. The van der Waals surface area contributed by atoms with E-state index >= 15 is 52.7 Å². The van der Waals surface area contributed by atoms with E-state index in [0.717, 1.165) is 24.3 Å². The molecule has 0 N–H and O–H groups in total. The van der Waals surface area contributed by atoms with Crippen LogP contribution in [0.1, 0.15) is 38.9 Å². The Morgan fingerprint density at radius 1 is 0.188 bits per heavy atom. The number of rotatable bonds is 16. The summed E-state index contributed by atoms with van der Waals surface area (Å²) in [5, 5.41) is 34.8. The minimum Gasteiger partial charge on any atom is -0.308 e. The Morgan fingerprint density at radius 2 is 0.457 bits per heavy atom. The maximum Gasteiger partial charge on any atom is 0.417 e. The topological polar surface area (TPSA) is 159 Å². The molecule has 0 spiro atoms. The van der Waals surface area contributed by atoms with Gasteiger partial charge in [0.05, 0.1) is 90.6 Å². The van der Waals surface area contributed by atoms with E-state index in [0.29, 0.717) is 99.3 Å². The van der Waals surface area contributed by atoms with Gasteiger partial charge in [-0.1, -0.05) is 255 Å². The molecule has 23 heteroatoms. The molecule has 0 fully saturated rings. The third-order valence-corrected chi connectivity index (χ3v) is 24.6. The van der Waals surface area contributed by atoms with Gasteiger partial charge in [0, 0.05) is 82.7 Å². The van der Waals surface area contributed by atoms with Crippen LogP contribution in [0, 0.1) is 34.0 Å². The smallest absolute Gasteiger partial charge is 0.308 e. The molecule has 0 unspecified atom stereocenters. The van der Waals surface area contributed by atoms with E-state index in [1.54, 1.807) is 258 Å². The first kappa shape index (κ1) is 86.7. The van der Waals surface area contributed by atoms with E-state index in [-0.39, 0.29) is 119 Å². The van der Waals surface area contributed by atoms with Gasteiger partial charge in [-0.3, -0.25) is 0 Å². The number of halogens is 12. The molecule has 0 saturated heterocycles. The van der Waals surface area contributed by atoms with Gasteiger partial charge >= 0.3 is 24.7 Å². The van der Waals surface area contributed by atoms with Crippen molar-refractivity contribution in [2.45, 2.75) is 24.7 Å². The fourth-order valence-corrected chi connectivity index (χ4v) is 18.5. The number of hydrogen-bond donors (Lipinski definition) is 0. The van der Waals surface area contributed by atoms with E-state index in [1.807, 2.05) is 12.1 Å². The molecule has 0 saturated carbocycles. The van der Waals surface area contributed by atoms with Crippen LogP contribution in [0.4, 0.5) is 52.7 Å². The van der Waals surface area contributed by atoms with Crippen molar-refractivity contribution in [3.63, 3.8) is 0 Å². The van der Waals surface area contributed by atoms with Crippen LogP contribution in [0.2, 0.25) is 0 Å². The van der Waals surface area contributed by atoms with Crippen LogP contribution in [0.25, 0.3) is 212 Å². The minimum absolute atomic E-state index is 0.0190. The van der Waals surface area contributed by atoms with Gasteiger partial charge in [0.1, 0.15) is 0 Å². The van der Waals surface area contributed by atoms with E-state index in [4.69, 9.17) is 29.9 Å². The van der Waals surface area contributed by atoms with Gasteiger partial charge < -0.3 is 9.13 Å². The average molecular weight is 1830 g/mol. The van der Waals surface area contributed by atoms with Gasteiger partial charge in [0.15, 0.2) is 34.9 Å². The van der Waals surface area contributed by atoms with Crippen LogP contribution >= 0.6 is 0 Å². The molecule has 4 heterocycles. The summed E-state index contributed by atoms with van der Waals surface area (Å²) in [6.45, 7) is 0. The van der Waals surface area contributed by atoms with Crippen LogP contribution in [0.3, 0.4) is 0 Å². The predicted octanol–water partition coefficient (Wildman–Crippen LogP) is 31.3. The molecule has 21 aromatic rings. The van der Waals surface area contributed by atoms with Crippen LogP contribution in [0.15, 0.2) is 382 Å². The molecule has 4 aromatic heterocycles. The number of hydrogen-bond acceptors (Lipinski definition) is 9. The lowest BCUT2D eigenvalue weighted by atomic mass is 9.88.